The van der Waals surface area contributed by atoms with Crippen LogP contribution < -0.4 is 9.80 Å². The van der Waals surface area contributed by atoms with E-state index >= 15 is 0 Å². The predicted octanol–water partition coefficient (Wildman–Crippen LogP) is 18.2. The number of anilines is 6. The predicted molar refractivity (Wildman–Crippen MR) is 295 cm³/mol. The van der Waals surface area contributed by atoms with Gasteiger partial charge in [-0.1, -0.05) is 165 Å². The fourth-order valence-electron chi connectivity index (χ4n) is 15.6. The van der Waals surface area contributed by atoms with Gasteiger partial charge in [-0.3, -0.25) is 0 Å². The smallest absolute Gasteiger partial charge is 0.0736 e. The van der Waals surface area contributed by atoms with E-state index in [1.807, 2.05) is 11.8 Å². The van der Waals surface area contributed by atoms with Crippen LogP contribution in [0.4, 0.5) is 34.1 Å². The Morgan fingerprint density at radius 1 is 0.394 bits per heavy atom. The lowest BCUT2D eigenvalue weighted by atomic mass is 9.48. The molecule has 4 bridgehead atoms. The maximum absolute atomic E-state index is 2.64. The van der Waals surface area contributed by atoms with E-state index in [9.17, 15) is 0 Å². The molecule has 3 heteroatoms. The van der Waals surface area contributed by atoms with Crippen molar-refractivity contribution >= 4 is 45.9 Å². The van der Waals surface area contributed by atoms with Gasteiger partial charge in [0.1, 0.15) is 0 Å². The number of para-hydroxylation sites is 3. The zero-order valence-electron chi connectivity index (χ0n) is 40.5. The van der Waals surface area contributed by atoms with Crippen LogP contribution in [0.25, 0.3) is 22.3 Å². The monoisotopic (exact) mass is 932 g/mol. The zero-order chi connectivity index (χ0) is 47.1. The normalized spacial score (nSPS) is 21.7. The van der Waals surface area contributed by atoms with E-state index in [2.05, 4.69) is 236 Å². The molecule has 0 amide bonds. The van der Waals surface area contributed by atoms with Gasteiger partial charge in [0.2, 0.25) is 0 Å². The van der Waals surface area contributed by atoms with E-state index in [-0.39, 0.29) is 5.41 Å². The lowest BCUT2D eigenvalue weighted by molar-refractivity contribution is -0.00517. The molecule has 344 valence electrons. The van der Waals surface area contributed by atoms with Crippen LogP contribution in [0.15, 0.2) is 222 Å². The third-order valence-electron chi connectivity index (χ3n) is 18.0. The topological polar surface area (TPSA) is 6.48 Å². The van der Waals surface area contributed by atoms with E-state index in [0.29, 0.717) is 5.41 Å². The molecule has 0 N–H and O–H groups in total. The maximum atomic E-state index is 2.64. The summed E-state index contributed by atoms with van der Waals surface area (Å²) < 4.78 is 0. The van der Waals surface area contributed by atoms with Gasteiger partial charge in [-0.25, -0.2) is 0 Å². The number of fused-ring (bicyclic) bond motifs is 12. The van der Waals surface area contributed by atoms with Gasteiger partial charge in [-0.05, 0) is 190 Å². The van der Waals surface area contributed by atoms with Crippen molar-refractivity contribution in [2.45, 2.75) is 78.4 Å². The molecule has 0 radical (unpaired) electrons. The van der Waals surface area contributed by atoms with Crippen molar-refractivity contribution in [2.24, 2.45) is 17.8 Å². The molecule has 9 aromatic carbocycles. The molecule has 4 fully saturated rings. The number of nitrogens with zero attached hydrogens (tertiary/aromatic N) is 2. The fourth-order valence-corrected chi connectivity index (χ4v) is 16.9. The quantitative estimate of drug-likeness (QED) is 0.157. The summed E-state index contributed by atoms with van der Waals surface area (Å²) in [6.45, 7) is 4.89. The van der Waals surface area contributed by atoms with Crippen LogP contribution in [0.2, 0.25) is 0 Å². The first-order valence-electron chi connectivity index (χ1n) is 26.1. The minimum atomic E-state index is -0.571. The van der Waals surface area contributed by atoms with Gasteiger partial charge in [0.15, 0.2) is 0 Å². The SMILES string of the molecule is CC1(C)c2cc3c(cc2-c2c(N(c4ccccc4)c4ccccc4)cccc21)C1(c2ccccc2-c2ccccc21)c1cccc(N(c2ccccc2)c2cccc(C45CC6CC(CC(C6)C4)C5)c2)c1S3. The van der Waals surface area contributed by atoms with E-state index in [1.165, 1.54) is 127 Å². The number of benzene rings is 9. The number of hydrogen-bond acceptors (Lipinski definition) is 3. The van der Waals surface area contributed by atoms with Gasteiger partial charge < -0.3 is 9.80 Å². The first-order valence-corrected chi connectivity index (χ1v) is 26.9. The lowest BCUT2D eigenvalue weighted by Gasteiger charge is -2.57. The molecular weight excluding hydrogens is 877 g/mol. The summed E-state index contributed by atoms with van der Waals surface area (Å²) in [7, 11) is 0. The van der Waals surface area contributed by atoms with Crippen LogP contribution in [0.1, 0.15) is 91.3 Å². The van der Waals surface area contributed by atoms with Crippen molar-refractivity contribution < 1.29 is 0 Å². The summed E-state index contributed by atoms with van der Waals surface area (Å²) in [5.74, 6) is 2.66. The summed E-state index contributed by atoms with van der Waals surface area (Å²) in [5, 5.41) is 0. The molecule has 2 nitrogen and oxygen atoms in total. The van der Waals surface area contributed by atoms with E-state index in [1.54, 1.807) is 5.56 Å². The van der Waals surface area contributed by atoms with Crippen molar-refractivity contribution in [3.8, 4) is 22.3 Å². The molecule has 1 aliphatic heterocycles. The molecule has 9 aromatic rings. The molecule has 16 rings (SSSR count). The van der Waals surface area contributed by atoms with Gasteiger partial charge in [0, 0.05) is 43.5 Å². The van der Waals surface area contributed by atoms with E-state index in [4.69, 9.17) is 0 Å². The minimum Gasteiger partial charge on any atom is -0.310 e. The zero-order valence-corrected chi connectivity index (χ0v) is 41.3. The largest absolute Gasteiger partial charge is 0.310 e. The molecule has 1 heterocycles. The maximum Gasteiger partial charge on any atom is 0.0736 e. The lowest BCUT2D eigenvalue weighted by Crippen LogP contribution is -2.48. The highest BCUT2D eigenvalue weighted by atomic mass is 32.2. The standard InChI is InChI=1S/C68H56N2S/c1-66(2)57-31-17-33-61(69(48-20-6-3-7-21-48)49-22-8-4-9-23-49)64(57)54-39-60-63(40-59(54)66)71-65-58(68(60)55-29-14-12-27-52(55)53-28-13-15-30-56(53)68)32-18-34-62(65)70(50-24-10-5-11-25-50)51-26-16-19-47(38-51)67-41-44-35-45(42-67)37-46(36-44)43-67/h3-34,38-40,44-46H,35-37,41-43H2,1-2H3. The summed E-state index contributed by atoms with van der Waals surface area (Å²) in [6.07, 6.45) is 8.41. The third-order valence-corrected chi connectivity index (χ3v) is 19.2. The van der Waals surface area contributed by atoms with Crippen molar-refractivity contribution in [3.63, 3.8) is 0 Å². The van der Waals surface area contributed by atoms with Crippen molar-refractivity contribution in [1.29, 1.82) is 0 Å². The summed E-state index contributed by atoms with van der Waals surface area (Å²) >= 11 is 1.99. The van der Waals surface area contributed by atoms with Gasteiger partial charge in [0.05, 0.1) is 16.8 Å². The highest BCUT2D eigenvalue weighted by molar-refractivity contribution is 7.99. The summed E-state index contributed by atoms with van der Waals surface area (Å²) in [4.78, 5) is 7.72. The molecule has 71 heavy (non-hydrogen) atoms. The van der Waals surface area contributed by atoms with Gasteiger partial charge in [-0.2, -0.15) is 0 Å². The minimum absolute atomic E-state index is 0.248. The van der Waals surface area contributed by atoms with Crippen LogP contribution in [-0.2, 0) is 16.2 Å². The van der Waals surface area contributed by atoms with Gasteiger partial charge >= 0.3 is 0 Å². The average Bonchev–Trinajstić information content (AvgIpc) is 3.82. The molecule has 4 saturated carbocycles. The van der Waals surface area contributed by atoms with Crippen LogP contribution in [0.3, 0.4) is 0 Å². The molecule has 0 atom stereocenters. The summed E-state index contributed by atoms with van der Waals surface area (Å²) in [5.41, 5.74) is 21.7. The van der Waals surface area contributed by atoms with Crippen molar-refractivity contribution in [2.75, 3.05) is 9.80 Å². The Kier molecular flexibility index (Phi) is 9.08. The van der Waals surface area contributed by atoms with Crippen LogP contribution >= 0.6 is 11.8 Å². The highest BCUT2D eigenvalue weighted by Gasteiger charge is 2.54. The fraction of sp³-hybridized carbons (Fsp3) is 0.206. The first kappa shape index (κ1) is 41.7. The summed E-state index contributed by atoms with van der Waals surface area (Å²) in [6, 6.07) is 80.9. The Labute approximate surface area is 423 Å². The Hall–Kier alpha value is -7.07. The Bertz CT molecular complexity index is 3470. The van der Waals surface area contributed by atoms with Crippen LogP contribution in [-0.4, -0.2) is 0 Å². The third kappa shape index (κ3) is 5.96. The Balaban J connectivity index is 0.978. The van der Waals surface area contributed by atoms with E-state index in [0.717, 1.165) is 29.1 Å². The second kappa shape index (κ2) is 15.5. The van der Waals surface area contributed by atoms with Crippen LogP contribution in [0, 0.1) is 17.8 Å². The molecule has 1 spiro atoms. The number of hydrogen-bond donors (Lipinski definition) is 0. The molecule has 0 aromatic heterocycles. The molecule has 7 aliphatic rings. The average molecular weight is 933 g/mol. The molecule has 0 saturated heterocycles. The molecular formula is C68H56N2S. The second-order valence-corrected chi connectivity index (χ2v) is 23.3. The molecule has 6 aliphatic carbocycles. The van der Waals surface area contributed by atoms with Crippen molar-refractivity contribution in [1.82, 2.24) is 0 Å². The highest BCUT2D eigenvalue weighted by Crippen LogP contribution is 2.67. The molecule has 0 unspecified atom stereocenters. The van der Waals surface area contributed by atoms with Crippen molar-refractivity contribution in [3.05, 3.63) is 251 Å². The van der Waals surface area contributed by atoms with Gasteiger partial charge in [-0.15, -0.1) is 0 Å². The Morgan fingerprint density at radius 3 is 1.46 bits per heavy atom. The number of rotatable bonds is 7. The Morgan fingerprint density at radius 2 is 0.873 bits per heavy atom. The van der Waals surface area contributed by atoms with E-state index < -0.39 is 5.41 Å². The first-order chi connectivity index (χ1) is 34.9. The van der Waals surface area contributed by atoms with Gasteiger partial charge in [0.25, 0.3) is 0 Å². The second-order valence-electron chi connectivity index (χ2n) is 22.2. The van der Waals surface area contributed by atoms with Crippen LogP contribution in [0.5, 0.6) is 0 Å².